The standard InChI is InChI=1S/C15H13Cl2NO2S/c16-11-6-7-14(17)18-12(11)9-21-13(15(19)20)8-10-4-2-1-3-5-10/h1-7,13H,8-9H2,(H,19,20). The summed E-state index contributed by atoms with van der Waals surface area (Å²) < 4.78 is 0. The lowest BCUT2D eigenvalue weighted by atomic mass is 10.1. The molecule has 2 rings (SSSR count). The molecule has 1 atom stereocenters. The van der Waals surface area contributed by atoms with E-state index in [4.69, 9.17) is 23.2 Å². The van der Waals surface area contributed by atoms with Gasteiger partial charge in [0.1, 0.15) is 10.4 Å². The number of pyridine rings is 1. The minimum atomic E-state index is -0.845. The maximum absolute atomic E-state index is 11.4. The summed E-state index contributed by atoms with van der Waals surface area (Å²) in [7, 11) is 0. The Morgan fingerprint density at radius 1 is 1.19 bits per heavy atom. The van der Waals surface area contributed by atoms with Gasteiger partial charge in [0.15, 0.2) is 0 Å². The summed E-state index contributed by atoms with van der Waals surface area (Å²) in [5, 5.41) is 9.63. The zero-order valence-electron chi connectivity index (χ0n) is 11.0. The molecule has 1 N–H and O–H groups in total. The first-order valence-electron chi connectivity index (χ1n) is 6.25. The second-order valence-electron chi connectivity index (χ2n) is 4.39. The Morgan fingerprint density at radius 2 is 1.90 bits per heavy atom. The van der Waals surface area contributed by atoms with E-state index in [9.17, 15) is 9.90 Å². The van der Waals surface area contributed by atoms with Crippen molar-refractivity contribution in [2.45, 2.75) is 17.4 Å². The quantitative estimate of drug-likeness (QED) is 0.795. The van der Waals surface area contributed by atoms with Crippen molar-refractivity contribution in [3.8, 4) is 0 Å². The number of carbonyl (C=O) groups is 1. The molecule has 0 radical (unpaired) electrons. The van der Waals surface area contributed by atoms with Crippen LogP contribution in [0.1, 0.15) is 11.3 Å². The molecule has 1 aromatic heterocycles. The zero-order chi connectivity index (χ0) is 15.2. The van der Waals surface area contributed by atoms with E-state index in [-0.39, 0.29) is 0 Å². The molecule has 0 fully saturated rings. The molecular weight excluding hydrogens is 329 g/mol. The van der Waals surface area contributed by atoms with Crippen molar-refractivity contribution < 1.29 is 9.90 Å². The number of carboxylic acids is 1. The SMILES string of the molecule is O=C(O)C(Cc1ccccc1)SCc1nc(Cl)ccc1Cl. The molecule has 3 nitrogen and oxygen atoms in total. The number of benzene rings is 1. The fourth-order valence-electron chi connectivity index (χ4n) is 1.78. The Labute approximate surface area is 137 Å². The number of halogens is 2. The maximum atomic E-state index is 11.4. The Morgan fingerprint density at radius 3 is 2.57 bits per heavy atom. The van der Waals surface area contributed by atoms with E-state index in [1.54, 1.807) is 12.1 Å². The number of hydrogen-bond acceptors (Lipinski definition) is 3. The van der Waals surface area contributed by atoms with Crippen LogP contribution in [0.4, 0.5) is 0 Å². The van der Waals surface area contributed by atoms with Crippen molar-refractivity contribution in [1.82, 2.24) is 4.98 Å². The first kappa shape index (κ1) is 16.1. The van der Waals surface area contributed by atoms with Crippen LogP contribution in [0, 0.1) is 0 Å². The molecule has 110 valence electrons. The van der Waals surface area contributed by atoms with Gasteiger partial charge in [0.2, 0.25) is 0 Å². The van der Waals surface area contributed by atoms with E-state index in [0.29, 0.717) is 28.0 Å². The highest BCUT2D eigenvalue weighted by molar-refractivity contribution is 7.99. The highest BCUT2D eigenvalue weighted by atomic mass is 35.5. The monoisotopic (exact) mass is 341 g/mol. The summed E-state index contributed by atoms with van der Waals surface area (Å²) in [6.07, 6.45) is 0.457. The summed E-state index contributed by atoms with van der Waals surface area (Å²) in [6, 6.07) is 12.8. The van der Waals surface area contributed by atoms with Gasteiger partial charge < -0.3 is 5.11 Å². The molecule has 21 heavy (non-hydrogen) atoms. The van der Waals surface area contributed by atoms with Crippen LogP contribution in [-0.2, 0) is 17.0 Å². The number of aromatic nitrogens is 1. The average Bonchev–Trinajstić information content (AvgIpc) is 2.47. The summed E-state index contributed by atoms with van der Waals surface area (Å²) in [5.41, 5.74) is 1.59. The van der Waals surface area contributed by atoms with E-state index in [0.717, 1.165) is 5.56 Å². The lowest BCUT2D eigenvalue weighted by Crippen LogP contribution is -2.19. The summed E-state index contributed by atoms with van der Waals surface area (Å²) in [4.78, 5) is 15.5. The van der Waals surface area contributed by atoms with Gasteiger partial charge in [0.05, 0.1) is 10.7 Å². The molecule has 6 heteroatoms. The van der Waals surface area contributed by atoms with Crippen LogP contribution in [0.2, 0.25) is 10.2 Å². The third-order valence-electron chi connectivity index (χ3n) is 2.85. The Kier molecular flexibility index (Phi) is 5.91. The van der Waals surface area contributed by atoms with Crippen molar-refractivity contribution in [3.05, 3.63) is 63.9 Å². The molecule has 0 bridgehead atoms. The fourth-order valence-corrected chi connectivity index (χ4v) is 3.23. The van der Waals surface area contributed by atoms with Gasteiger partial charge in [0.25, 0.3) is 0 Å². The van der Waals surface area contributed by atoms with E-state index in [2.05, 4.69) is 4.98 Å². The van der Waals surface area contributed by atoms with Gasteiger partial charge in [-0.2, -0.15) is 0 Å². The van der Waals surface area contributed by atoms with Crippen LogP contribution in [0.3, 0.4) is 0 Å². The van der Waals surface area contributed by atoms with Crippen molar-refractivity contribution in [2.75, 3.05) is 0 Å². The van der Waals surface area contributed by atoms with Crippen LogP contribution in [0.15, 0.2) is 42.5 Å². The number of hydrogen-bond donors (Lipinski definition) is 1. The zero-order valence-corrected chi connectivity index (χ0v) is 13.3. The Hall–Kier alpha value is -1.23. The van der Waals surface area contributed by atoms with E-state index < -0.39 is 11.2 Å². The smallest absolute Gasteiger partial charge is 0.316 e. The largest absolute Gasteiger partial charge is 0.480 e. The molecular formula is C15H13Cl2NO2S. The van der Waals surface area contributed by atoms with Gasteiger partial charge in [-0.1, -0.05) is 53.5 Å². The highest BCUT2D eigenvalue weighted by Gasteiger charge is 2.19. The third kappa shape index (κ3) is 4.92. The lowest BCUT2D eigenvalue weighted by molar-refractivity contribution is -0.136. The second-order valence-corrected chi connectivity index (χ2v) is 6.38. The molecule has 2 aromatic rings. The average molecular weight is 342 g/mol. The topological polar surface area (TPSA) is 50.2 Å². The highest BCUT2D eigenvalue weighted by Crippen LogP contribution is 2.25. The lowest BCUT2D eigenvalue weighted by Gasteiger charge is -2.12. The van der Waals surface area contributed by atoms with Crippen LogP contribution >= 0.6 is 35.0 Å². The molecule has 0 aliphatic heterocycles. The first-order chi connectivity index (χ1) is 10.1. The van der Waals surface area contributed by atoms with Gasteiger partial charge in [-0.05, 0) is 24.1 Å². The second kappa shape index (κ2) is 7.69. The number of rotatable bonds is 6. The summed E-state index contributed by atoms with van der Waals surface area (Å²) >= 11 is 13.2. The molecule has 0 saturated heterocycles. The minimum absolute atomic E-state index is 0.352. The molecule has 1 aromatic carbocycles. The molecule has 0 spiro atoms. The van der Waals surface area contributed by atoms with E-state index in [1.807, 2.05) is 30.3 Å². The van der Waals surface area contributed by atoms with Crippen LogP contribution in [-0.4, -0.2) is 21.3 Å². The molecule has 1 heterocycles. The van der Waals surface area contributed by atoms with Crippen molar-refractivity contribution >= 4 is 40.9 Å². The Bertz CT molecular complexity index is 622. The first-order valence-corrected chi connectivity index (χ1v) is 8.06. The minimum Gasteiger partial charge on any atom is -0.480 e. The fraction of sp³-hybridized carbons (Fsp3) is 0.200. The van der Waals surface area contributed by atoms with Crippen molar-refractivity contribution in [2.24, 2.45) is 0 Å². The summed E-state index contributed by atoms with van der Waals surface area (Å²) in [6.45, 7) is 0. The molecule has 0 saturated carbocycles. The molecule has 0 aliphatic carbocycles. The maximum Gasteiger partial charge on any atom is 0.316 e. The van der Waals surface area contributed by atoms with Gasteiger partial charge in [-0.15, -0.1) is 11.8 Å². The van der Waals surface area contributed by atoms with Crippen molar-refractivity contribution in [3.63, 3.8) is 0 Å². The molecule has 0 aliphatic rings. The van der Waals surface area contributed by atoms with Crippen LogP contribution in [0.25, 0.3) is 0 Å². The number of aliphatic carboxylic acids is 1. The molecule has 1 unspecified atom stereocenters. The normalized spacial score (nSPS) is 12.1. The van der Waals surface area contributed by atoms with Gasteiger partial charge in [0, 0.05) is 5.75 Å². The van der Waals surface area contributed by atoms with Gasteiger partial charge >= 0.3 is 5.97 Å². The Balaban J connectivity index is 2.03. The van der Waals surface area contributed by atoms with Gasteiger partial charge in [-0.3, -0.25) is 4.79 Å². The predicted molar refractivity (Wildman–Crippen MR) is 87.1 cm³/mol. The van der Waals surface area contributed by atoms with Crippen LogP contribution in [0.5, 0.6) is 0 Å². The number of nitrogens with zero attached hydrogens (tertiary/aromatic N) is 1. The number of carboxylic acid groups (broad SMARTS) is 1. The number of thioether (sulfide) groups is 1. The van der Waals surface area contributed by atoms with Gasteiger partial charge in [-0.25, -0.2) is 4.98 Å². The van der Waals surface area contributed by atoms with E-state index in [1.165, 1.54) is 11.8 Å². The van der Waals surface area contributed by atoms with Crippen molar-refractivity contribution in [1.29, 1.82) is 0 Å². The summed E-state index contributed by atoms with van der Waals surface area (Å²) in [5.74, 6) is -0.439. The predicted octanol–water partition coefficient (Wildman–Crippen LogP) is 4.32. The van der Waals surface area contributed by atoms with E-state index >= 15 is 0 Å². The third-order valence-corrected chi connectivity index (χ3v) is 4.61. The van der Waals surface area contributed by atoms with Crippen LogP contribution < -0.4 is 0 Å². The molecule has 0 amide bonds.